The van der Waals surface area contributed by atoms with Crippen LogP contribution in [0.2, 0.25) is 0 Å². The standard InChI is InChI=1S/C11H13BrN4/c1-7-5-9(12)6-15-10(7)16-8(2)11-13-3-4-14-11/h3-6,8H,1-2H3,(H,13,14)(H,15,16). The van der Waals surface area contributed by atoms with Gasteiger partial charge in [-0.3, -0.25) is 0 Å². The first-order valence-corrected chi connectivity index (χ1v) is 5.84. The molecule has 1 unspecified atom stereocenters. The molecule has 0 spiro atoms. The van der Waals surface area contributed by atoms with Gasteiger partial charge in [0.25, 0.3) is 0 Å². The van der Waals surface area contributed by atoms with E-state index in [2.05, 4.69) is 36.2 Å². The Bertz CT molecular complexity index is 467. The topological polar surface area (TPSA) is 53.6 Å². The minimum atomic E-state index is 0.113. The first-order chi connectivity index (χ1) is 7.66. The number of aromatic amines is 1. The highest BCUT2D eigenvalue weighted by atomic mass is 79.9. The third kappa shape index (κ3) is 2.41. The average Bonchev–Trinajstić information content (AvgIpc) is 2.75. The number of aryl methyl sites for hydroxylation is 1. The lowest BCUT2D eigenvalue weighted by molar-refractivity contribution is 0.802. The highest BCUT2D eigenvalue weighted by molar-refractivity contribution is 9.10. The molecular formula is C11H13BrN4. The first-order valence-electron chi connectivity index (χ1n) is 5.05. The highest BCUT2D eigenvalue weighted by Gasteiger charge is 2.09. The van der Waals surface area contributed by atoms with Crippen LogP contribution in [0.4, 0.5) is 5.82 Å². The number of anilines is 1. The van der Waals surface area contributed by atoms with E-state index >= 15 is 0 Å². The molecule has 84 valence electrons. The Balaban J connectivity index is 2.15. The fourth-order valence-electron chi connectivity index (χ4n) is 1.48. The van der Waals surface area contributed by atoms with Crippen molar-refractivity contribution in [3.63, 3.8) is 0 Å². The molecule has 0 aliphatic carbocycles. The van der Waals surface area contributed by atoms with Gasteiger partial charge in [-0.05, 0) is 41.4 Å². The molecule has 2 heterocycles. The van der Waals surface area contributed by atoms with Gasteiger partial charge < -0.3 is 10.3 Å². The van der Waals surface area contributed by atoms with Gasteiger partial charge in [-0.25, -0.2) is 9.97 Å². The van der Waals surface area contributed by atoms with Gasteiger partial charge in [-0.15, -0.1) is 0 Å². The van der Waals surface area contributed by atoms with E-state index in [0.717, 1.165) is 21.7 Å². The number of imidazole rings is 1. The van der Waals surface area contributed by atoms with Crippen LogP contribution in [0, 0.1) is 6.92 Å². The predicted octanol–water partition coefficient (Wildman–Crippen LogP) is 3.05. The third-order valence-electron chi connectivity index (χ3n) is 2.33. The Kier molecular flexibility index (Phi) is 3.24. The van der Waals surface area contributed by atoms with Crippen LogP contribution in [0.1, 0.15) is 24.4 Å². The summed E-state index contributed by atoms with van der Waals surface area (Å²) in [5, 5.41) is 3.31. The van der Waals surface area contributed by atoms with Crippen LogP contribution in [0.15, 0.2) is 29.1 Å². The Morgan fingerprint density at radius 1 is 1.44 bits per heavy atom. The van der Waals surface area contributed by atoms with Gasteiger partial charge in [0.05, 0.1) is 6.04 Å². The smallest absolute Gasteiger partial charge is 0.129 e. The Labute approximate surface area is 103 Å². The minimum absolute atomic E-state index is 0.113. The van der Waals surface area contributed by atoms with Crippen LogP contribution in [-0.4, -0.2) is 15.0 Å². The Hall–Kier alpha value is -1.36. The minimum Gasteiger partial charge on any atom is -0.360 e. The van der Waals surface area contributed by atoms with E-state index in [4.69, 9.17) is 0 Å². The Morgan fingerprint density at radius 3 is 2.88 bits per heavy atom. The molecule has 0 fully saturated rings. The molecule has 2 rings (SSSR count). The Morgan fingerprint density at radius 2 is 2.25 bits per heavy atom. The summed E-state index contributed by atoms with van der Waals surface area (Å²) < 4.78 is 0.987. The zero-order valence-electron chi connectivity index (χ0n) is 9.16. The summed E-state index contributed by atoms with van der Waals surface area (Å²) in [5.41, 5.74) is 1.10. The van der Waals surface area contributed by atoms with Crippen molar-refractivity contribution in [2.75, 3.05) is 5.32 Å². The lowest BCUT2D eigenvalue weighted by Gasteiger charge is -2.14. The molecule has 0 radical (unpaired) electrons. The van der Waals surface area contributed by atoms with E-state index in [1.165, 1.54) is 0 Å². The van der Waals surface area contributed by atoms with Crippen LogP contribution < -0.4 is 5.32 Å². The normalized spacial score (nSPS) is 12.4. The first kappa shape index (κ1) is 11.1. The van der Waals surface area contributed by atoms with Crippen molar-refractivity contribution in [3.05, 3.63) is 40.5 Å². The molecule has 4 nitrogen and oxygen atoms in total. The fraction of sp³-hybridized carbons (Fsp3) is 0.273. The third-order valence-corrected chi connectivity index (χ3v) is 2.76. The van der Waals surface area contributed by atoms with Gasteiger partial charge >= 0.3 is 0 Å². The summed E-state index contributed by atoms with van der Waals surface area (Å²) in [4.78, 5) is 11.6. The van der Waals surface area contributed by atoms with Gasteiger partial charge in [0.2, 0.25) is 0 Å². The van der Waals surface area contributed by atoms with Crippen molar-refractivity contribution < 1.29 is 0 Å². The second-order valence-electron chi connectivity index (χ2n) is 3.66. The maximum atomic E-state index is 4.33. The number of aromatic nitrogens is 3. The zero-order chi connectivity index (χ0) is 11.5. The number of nitrogens with one attached hydrogen (secondary N) is 2. The highest BCUT2D eigenvalue weighted by Crippen LogP contribution is 2.20. The maximum absolute atomic E-state index is 4.33. The van der Waals surface area contributed by atoms with E-state index in [0.29, 0.717) is 0 Å². The van der Waals surface area contributed by atoms with Crippen molar-refractivity contribution in [1.82, 2.24) is 15.0 Å². The van der Waals surface area contributed by atoms with Crippen LogP contribution in [0.5, 0.6) is 0 Å². The summed E-state index contributed by atoms with van der Waals surface area (Å²) in [6.45, 7) is 4.07. The lowest BCUT2D eigenvalue weighted by atomic mass is 10.2. The van der Waals surface area contributed by atoms with Gasteiger partial charge in [0.15, 0.2) is 0 Å². The fourth-order valence-corrected chi connectivity index (χ4v) is 1.93. The molecular weight excluding hydrogens is 268 g/mol. The quantitative estimate of drug-likeness (QED) is 0.909. The maximum Gasteiger partial charge on any atom is 0.129 e. The number of nitrogens with zero attached hydrogens (tertiary/aromatic N) is 2. The second kappa shape index (κ2) is 4.65. The molecule has 0 saturated heterocycles. The molecule has 0 aliphatic rings. The van der Waals surface area contributed by atoms with Crippen molar-refractivity contribution in [2.24, 2.45) is 0 Å². The molecule has 0 amide bonds. The molecule has 0 bridgehead atoms. The van der Waals surface area contributed by atoms with Gasteiger partial charge in [-0.2, -0.15) is 0 Å². The summed E-state index contributed by atoms with van der Waals surface area (Å²) in [6, 6.07) is 2.15. The molecule has 2 aromatic rings. The van der Waals surface area contributed by atoms with Gasteiger partial charge in [0.1, 0.15) is 11.6 Å². The summed E-state index contributed by atoms with van der Waals surface area (Å²) in [5.74, 6) is 1.79. The van der Waals surface area contributed by atoms with E-state index in [1.807, 2.05) is 26.1 Å². The summed E-state index contributed by atoms with van der Waals surface area (Å²) in [7, 11) is 0. The lowest BCUT2D eigenvalue weighted by Crippen LogP contribution is -2.10. The molecule has 1 atom stereocenters. The molecule has 2 aromatic heterocycles. The number of pyridine rings is 1. The van der Waals surface area contributed by atoms with Crippen molar-refractivity contribution >= 4 is 21.7 Å². The van der Waals surface area contributed by atoms with Crippen LogP contribution in [-0.2, 0) is 0 Å². The largest absolute Gasteiger partial charge is 0.360 e. The van der Waals surface area contributed by atoms with Crippen molar-refractivity contribution in [3.8, 4) is 0 Å². The second-order valence-corrected chi connectivity index (χ2v) is 4.58. The molecule has 5 heteroatoms. The van der Waals surface area contributed by atoms with Gasteiger partial charge in [-0.1, -0.05) is 0 Å². The molecule has 0 aromatic carbocycles. The SMILES string of the molecule is Cc1cc(Br)cnc1NC(C)c1ncc[nH]1. The van der Waals surface area contributed by atoms with Crippen LogP contribution in [0.3, 0.4) is 0 Å². The molecule has 0 aliphatic heterocycles. The molecule has 0 saturated carbocycles. The number of rotatable bonds is 3. The summed E-state index contributed by atoms with van der Waals surface area (Å²) >= 11 is 3.39. The van der Waals surface area contributed by atoms with Crippen LogP contribution >= 0.6 is 15.9 Å². The van der Waals surface area contributed by atoms with Gasteiger partial charge in [0, 0.05) is 23.1 Å². The monoisotopic (exact) mass is 280 g/mol. The average molecular weight is 281 g/mol. The summed E-state index contributed by atoms with van der Waals surface area (Å²) in [6.07, 6.45) is 5.34. The molecule has 16 heavy (non-hydrogen) atoms. The predicted molar refractivity (Wildman–Crippen MR) is 67.3 cm³/mol. The van der Waals surface area contributed by atoms with E-state index in [1.54, 1.807) is 12.4 Å². The zero-order valence-corrected chi connectivity index (χ0v) is 10.7. The number of halogens is 1. The van der Waals surface area contributed by atoms with E-state index < -0.39 is 0 Å². The van der Waals surface area contributed by atoms with Crippen molar-refractivity contribution in [1.29, 1.82) is 0 Å². The number of hydrogen-bond acceptors (Lipinski definition) is 3. The molecule has 2 N–H and O–H groups in total. The van der Waals surface area contributed by atoms with Crippen LogP contribution in [0.25, 0.3) is 0 Å². The van der Waals surface area contributed by atoms with Crippen molar-refractivity contribution in [2.45, 2.75) is 19.9 Å². The number of hydrogen-bond donors (Lipinski definition) is 2. The van der Waals surface area contributed by atoms with E-state index in [9.17, 15) is 0 Å². The number of H-pyrrole nitrogens is 1. The van der Waals surface area contributed by atoms with E-state index in [-0.39, 0.29) is 6.04 Å².